The largest absolute Gasteiger partial charge is 0.328 e. The molecule has 1 fully saturated rings. The molecule has 104 valence electrons. The van der Waals surface area contributed by atoms with Crippen molar-refractivity contribution >= 4 is 52.6 Å². The second-order valence-corrected chi connectivity index (χ2v) is 4.67. The van der Waals surface area contributed by atoms with Crippen LogP contribution in [0.15, 0.2) is 18.2 Å². The molecule has 9 heteroatoms. The molecule has 1 aliphatic rings. The summed E-state index contributed by atoms with van der Waals surface area (Å²) in [5, 5.41) is 6.50. The van der Waals surface area contributed by atoms with Gasteiger partial charge in [0.1, 0.15) is 0 Å². The van der Waals surface area contributed by atoms with Crippen molar-refractivity contribution in [2.75, 3.05) is 5.32 Å². The van der Waals surface area contributed by atoms with E-state index in [-0.39, 0.29) is 10.7 Å². The van der Waals surface area contributed by atoms with Crippen molar-refractivity contribution in [2.45, 2.75) is 0 Å². The Morgan fingerprint density at radius 2 is 1.65 bits per heavy atom. The Morgan fingerprint density at radius 1 is 1.05 bits per heavy atom. The standard InChI is InChI=1S/C11H7Cl2N3O4/c12-5-2-1-4(3-6(5)13)14-8(17)7-9(18)15-11(20)16-10(7)19/h1-3,7H,(H,14,17)(H2,15,16,18,19,20). The van der Waals surface area contributed by atoms with E-state index in [4.69, 9.17) is 23.2 Å². The molecular formula is C11H7Cl2N3O4. The maximum Gasteiger partial charge on any atom is 0.328 e. The van der Waals surface area contributed by atoms with Gasteiger partial charge in [-0.25, -0.2) is 4.79 Å². The van der Waals surface area contributed by atoms with E-state index in [1.807, 2.05) is 10.6 Å². The van der Waals surface area contributed by atoms with E-state index in [2.05, 4.69) is 5.32 Å². The van der Waals surface area contributed by atoms with Gasteiger partial charge in [-0.1, -0.05) is 23.2 Å². The second kappa shape index (κ2) is 5.48. The molecule has 0 saturated carbocycles. The van der Waals surface area contributed by atoms with Crippen LogP contribution in [0.2, 0.25) is 10.0 Å². The van der Waals surface area contributed by atoms with Crippen molar-refractivity contribution in [2.24, 2.45) is 5.92 Å². The summed E-state index contributed by atoms with van der Waals surface area (Å²) >= 11 is 11.5. The number of hydrogen-bond donors (Lipinski definition) is 3. The quantitative estimate of drug-likeness (QED) is 0.706. The first-order chi connectivity index (χ1) is 9.38. The normalized spacial score (nSPS) is 15.6. The van der Waals surface area contributed by atoms with E-state index in [1.54, 1.807) is 0 Å². The molecule has 5 amide bonds. The van der Waals surface area contributed by atoms with Crippen LogP contribution < -0.4 is 16.0 Å². The van der Waals surface area contributed by atoms with Crippen LogP contribution in [-0.4, -0.2) is 23.8 Å². The lowest BCUT2D eigenvalue weighted by molar-refractivity contribution is -0.141. The number of anilines is 1. The number of nitrogens with one attached hydrogen (secondary N) is 3. The highest BCUT2D eigenvalue weighted by Gasteiger charge is 2.39. The summed E-state index contributed by atoms with van der Waals surface area (Å²) < 4.78 is 0. The molecule has 0 spiro atoms. The highest BCUT2D eigenvalue weighted by molar-refractivity contribution is 6.42. The van der Waals surface area contributed by atoms with Crippen LogP contribution in [0.1, 0.15) is 0 Å². The molecule has 0 radical (unpaired) electrons. The third-order valence-electron chi connectivity index (χ3n) is 2.45. The molecule has 0 unspecified atom stereocenters. The third-order valence-corrected chi connectivity index (χ3v) is 3.19. The minimum Gasteiger partial charge on any atom is -0.325 e. The first kappa shape index (κ1) is 14.3. The van der Waals surface area contributed by atoms with E-state index >= 15 is 0 Å². The van der Waals surface area contributed by atoms with Crippen LogP contribution in [0, 0.1) is 5.92 Å². The summed E-state index contributed by atoms with van der Waals surface area (Å²) in [7, 11) is 0. The lowest BCUT2D eigenvalue weighted by Gasteiger charge is -2.19. The predicted molar refractivity (Wildman–Crippen MR) is 70.3 cm³/mol. The lowest BCUT2D eigenvalue weighted by Crippen LogP contribution is -2.58. The Balaban J connectivity index is 2.15. The molecule has 1 aromatic carbocycles. The monoisotopic (exact) mass is 315 g/mol. The first-order valence-electron chi connectivity index (χ1n) is 5.30. The second-order valence-electron chi connectivity index (χ2n) is 3.86. The van der Waals surface area contributed by atoms with Gasteiger partial charge in [-0.05, 0) is 18.2 Å². The summed E-state index contributed by atoms with van der Waals surface area (Å²) in [6, 6.07) is 3.31. The molecule has 0 aromatic heterocycles. The maximum absolute atomic E-state index is 11.9. The van der Waals surface area contributed by atoms with Crippen LogP contribution in [0.25, 0.3) is 0 Å². The van der Waals surface area contributed by atoms with Gasteiger partial charge >= 0.3 is 6.03 Å². The van der Waals surface area contributed by atoms with Crippen molar-refractivity contribution in [3.63, 3.8) is 0 Å². The summed E-state index contributed by atoms with van der Waals surface area (Å²) in [6.45, 7) is 0. The molecule has 20 heavy (non-hydrogen) atoms. The van der Waals surface area contributed by atoms with Gasteiger partial charge in [-0.3, -0.25) is 25.0 Å². The van der Waals surface area contributed by atoms with Crippen LogP contribution >= 0.6 is 23.2 Å². The smallest absolute Gasteiger partial charge is 0.325 e. The van der Waals surface area contributed by atoms with Gasteiger partial charge in [0, 0.05) is 5.69 Å². The Kier molecular flexibility index (Phi) is 3.91. The van der Waals surface area contributed by atoms with E-state index in [9.17, 15) is 19.2 Å². The minimum absolute atomic E-state index is 0.206. The van der Waals surface area contributed by atoms with E-state index in [0.717, 1.165) is 0 Å². The molecule has 1 heterocycles. The Morgan fingerprint density at radius 3 is 2.20 bits per heavy atom. The van der Waals surface area contributed by atoms with Gasteiger partial charge in [0.25, 0.3) is 0 Å². The molecule has 2 rings (SSSR count). The Bertz CT molecular complexity index is 612. The van der Waals surface area contributed by atoms with Gasteiger partial charge in [0.05, 0.1) is 10.0 Å². The average Bonchev–Trinajstić information content (AvgIpc) is 2.32. The van der Waals surface area contributed by atoms with Crippen molar-refractivity contribution < 1.29 is 19.2 Å². The maximum atomic E-state index is 11.9. The zero-order valence-corrected chi connectivity index (χ0v) is 11.2. The summed E-state index contributed by atoms with van der Waals surface area (Å²) in [4.78, 5) is 45.7. The number of hydrogen-bond acceptors (Lipinski definition) is 4. The number of amides is 5. The zero-order valence-electron chi connectivity index (χ0n) is 9.70. The van der Waals surface area contributed by atoms with Crippen molar-refractivity contribution in [1.82, 2.24) is 10.6 Å². The van der Waals surface area contributed by atoms with Gasteiger partial charge in [-0.2, -0.15) is 0 Å². The lowest BCUT2D eigenvalue weighted by atomic mass is 10.1. The minimum atomic E-state index is -1.65. The average molecular weight is 316 g/mol. The van der Waals surface area contributed by atoms with Crippen molar-refractivity contribution in [3.8, 4) is 0 Å². The van der Waals surface area contributed by atoms with Crippen LogP contribution in [0.5, 0.6) is 0 Å². The molecule has 0 bridgehead atoms. The van der Waals surface area contributed by atoms with Gasteiger partial charge < -0.3 is 5.32 Å². The fourth-order valence-electron chi connectivity index (χ4n) is 1.54. The molecular weight excluding hydrogens is 309 g/mol. The fourth-order valence-corrected chi connectivity index (χ4v) is 1.84. The SMILES string of the molecule is O=C1NC(=O)C(C(=O)Nc2ccc(Cl)c(Cl)c2)C(=O)N1. The van der Waals surface area contributed by atoms with E-state index in [1.165, 1.54) is 18.2 Å². The number of carbonyl (C=O) groups is 4. The van der Waals surface area contributed by atoms with Gasteiger partial charge in [0.2, 0.25) is 17.7 Å². The summed E-state index contributed by atoms with van der Waals surface area (Å²) in [6.07, 6.45) is 0. The molecule has 0 aliphatic carbocycles. The van der Waals surface area contributed by atoms with Gasteiger partial charge in [-0.15, -0.1) is 0 Å². The Hall–Kier alpha value is -2.12. The van der Waals surface area contributed by atoms with E-state index < -0.39 is 29.7 Å². The number of urea groups is 1. The number of carbonyl (C=O) groups excluding carboxylic acids is 4. The number of barbiturate groups is 1. The predicted octanol–water partition coefficient (Wildman–Crippen LogP) is 0.914. The van der Waals surface area contributed by atoms with Gasteiger partial charge in [0.15, 0.2) is 5.92 Å². The van der Waals surface area contributed by atoms with Crippen molar-refractivity contribution in [1.29, 1.82) is 0 Å². The summed E-state index contributed by atoms with van der Waals surface area (Å²) in [5.74, 6) is -4.51. The van der Waals surface area contributed by atoms with E-state index in [0.29, 0.717) is 5.02 Å². The third kappa shape index (κ3) is 2.89. The highest BCUT2D eigenvalue weighted by atomic mass is 35.5. The molecule has 3 N–H and O–H groups in total. The number of benzene rings is 1. The van der Waals surface area contributed by atoms with Crippen LogP contribution in [0.4, 0.5) is 10.5 Å². The fraction of sp³-hybridized carbons (Fsp3) is 0.0909. The molecule has 1 aliphatic heterocycles. The topological polar surface area (TPSA) is 104 Å². The first-order valence-corrected chi connectivity index (χ1v) is 6.05. The molecule has 1 saturated heterocycles. The summed E-state index contributed by atoms with van der Waals surface area (Å²) in [5.41, 5.74) is 0.266. The zero-order chi connectivity index (χ0) is 14.9. The molecule has 1 aromatic rings. The van der Waals surface area contributed by atoms with Crippen molar-refractivity contribution in [3.05, 3.63) is 28.2 Å². The number of rotatable bonds is 2. The van der Waals surface area contributed by atoms with Crippen LogP contribution in [0.3, 0.4) is 0 Å². The number of imide groups is 2. The Labute approximate surface area is 122 Å². The molecule has 7 nitrogen and oxygen atoms in total. The highest BCUT2D eigenvalue weighted by Crippen LogP contribution is 2.25. The van der Waals surface area contributed by atoms with Crippen LogP contribution in [-0.2, 0) is 14.4 Å². The number of halogens is 2. The molecule has 0 atom stereocenters.